The van der Waals surface area contributed by atoms with Crippen LogP contribution in [0.4, 0.5) is 0 Å². The summed E-state index contributed by atoms with van der Waals surface area (Å²) in [6, 6.07) is 3.94. The third-order valence-electron chi connectivity index (χ3n) is 3.35. The van der Waals surface area contributed by atoms with E-state index < -0.39 is 0 Å². The predicted molar refractivity (Wildman–Crippen MR) is 98.5 cm³/mol. The molecule has 0 aliphatic rings. The molecule has 1 aromatic rings. The minimum absolute atomic E-state index is 0.161. The van der Waals surface area contributed by atoms with Crippen LogP contribution in [0.5, 0.6) is 5.88 Å². The fraction of sp³-hybridized carbons (Fsp3) is 0.667. The lowest BCUT2D eigenvalue weighted by Gasteiger charge is -2.16. The molecule has 0 spiro atoms. The SMILES string of the molecule is CCOCCNC(=NC)NCc1ccnc(OC(C)CC(C)C)c1. The van der Waals surface area contributed by atoms with E-state index in [1.165, 1.54) is 0 Å². The highest BCUT2D eigenvalue weighted by molar-refractivity contribution is 5.79. The molecule has 6 nitrogen and oxygen atoms in total. The summed E-state index contributed by atoms with van der Waals surface area (Å²) in [5, 5.41) is 6.49. The smallest absolute Gasteiger partial charge is 0.213 e. The molecule has 0 amide bonds. The maximum atomic E-state index is 5.89. The minimum atomic E-state index is 0.161. The summed E-state index contributed by atoms with van der Waals surface area (Å²) in [7, 11) is 1.75. The Morgan fingerprint density at radius 1 is 1.29 bits per heavy atom. The molecule has 0 aliphatic carbocycles. The predicted octanol–water partition coefficient (Wildman–Crippen LogP) is 2.60. The van der Waals surface area contributed by atoms with E-state index in [4.69, 9.17) is 9.47 Å². The molecule has 0 bridgehead atoms. The van der Waals surface area contributed by atoms with Crippen molar-refractivity contribution in [1.82, 2.24) is 15.6 Å². The summed E-state index contributed by atoms with van der Waals surface area (Å²) >= 11 is 0. The van der Waals surface area contributed by atoms with Crippen molar-refractivity contribution in [1.29, 1.82) is 0 Å². The molecule has 1 atom stereocenters. The van der Waals surface area contributed by atoms with Crippen LogP contribution in [0.25, 0.3) is 0 Å². The summed E-state index contributed by atoms with van der Waals surface area (Å²) in [6.07, 6.45) is 2.95. The van der Waals surface area contributed by atoms with E-state index in [9.17, 15) is 0 Å². The van der Waals surface area contributed by atoms with E-state index >= 15 is 0 Å². The van der Waals surface area contributed by atoms with Gasteiger partial charge in [-0.2, -0.15) is 0 Å². The van der Waals surface area contributed by atoms with Gasteiger partial charge in [0.25, 0.3) is 0 Å². The summed E-state index contributed by atoms with van der Waals surface area (Å²) in [6.45, 7) is 11.2. The molecular formula is C18H32N4O2. The first-order valence-corrected chi connectivity index (χ1v) is 8.69. The van der Waals surface area contributed by atoms with Gasteiger partial charge >= 0.3 is 0 Å². The molecule has 1 heterocycles. The van der Waals surface area contributed by atoms with E-state index in [-0.39, 0.29) is 6.10 Å². The van der Waals surface area contributed by atoms with Crippen LogP contribution in [0, 0.1) is 5.92 Å². The van der Waals surface area contributed by atoms with Crippen molar-refractivity contribution in [2.45, 2.75) is 46.8 Å². The number of nitrogens with zero attached hydrogens (tertiary/aromatic N) is 2. The zero-order valence-electron chi connectivity index (χ0n) is 15.6. The third kappa shape index (κ3) is 8.72. The summed E-state index contributed by atoms with van der Waals surface area (Å²) in [5.74, 6) is 2.03. The molecule has 0 saturated carbocycles. The van der Waals surface area contributed by atoms with E-state index in [0.717, 1.165) is 31.1 Å². The minimum Gasteiger partial charge on any atom is -0.475 e. The summed E-state index contributed by atoms with van der Waals surface area (Å²) in [4.78, 5) is 8.49. The zero-order valence-corrected chi connectivity index (χ0v) is 15.6. The van der Waals surface area contributed by atoms with Gasteiger partial charge < -0.3 is 20.1 Å². The van der Waals surface area contributed by atoms with Crippen molar-refractivity contribution in [3.63, 3.8) is 0 Å². The standard InChI is InChI=1S/C18H32N4O2/c1-6-23-10-9-21-18(19-5)22-13-16-7-8-20-17(12-16)24-15(4)11-14(2)3/h7-8,12,14-15H,6,9-11,13H2,1-5H3,(H2,19,21,22). The second kappa shape index (κ2) is 11.7. The van der Waals surface area contributed by atoms with Gasteiger partial charge in [0.2, 0.25) is 5.88 Å². The molecule has 136 valence electrons. The van der Waals surface area contributed by atoms with Crippen molar-refractivity contribution in [2.24, 2.45) is 10.9 Å². The van der Waals surface area contributed by atoms with Gasteiger partial charge in [-0.3, -0.25) is 4.99 Å². The lowest BCUT2D eigenvalue weighted by Crippen LogP contribution is -2.38. The lowest BCUT2D eigenvalue weighted by molar-refractivity contribution is 0.152. The molecular weight excluding hydrogens is 304 g/mol. The number of hydrogen-bond acceptors (Lipinski definition) is 4. The first kappa shape index (κ1) is 20.2. The number of pyridine rings is 1. The number of aromatic nitrogens is 1. The Kier molecular flexibility index (Phi) is 9.84. The van der Waals surface area contributed by atoms with Gasteiger partial charge in [0.15, 0.2) is 5.96 Å². The summed E-state index contributed by atoms with van der Waals surface area (Å²) < 4.78 is 11.2. The van der Waals surface area contributed by atoms with Crippen LogP contribution in [-0.4, -0.2) is 43.9 Å². The number of nitrogens with one attached hydrogen (secondary N) is 2. The summed E-state index contributed by atoms with van der Waals surface area (Å²) in [5.41, 5.74) is 1.10. The van der Waals surface area contributed by atoms with Crippen LogP contribution in [0.2, 0.25) is 0 Å². The van der Waals surface area contributed by atoms with Crippen LogP contribution >= 0.6 is 0 Å². The second-order valence-electron chi connectivity index (χ2n) is 6.11. The van der Waals surface area contributed by atoms with Gasteiger partial charge in [-0.05, 0) is 37.8 Å². The van der Waals surface area contributed by atoms with Gasteiger partial charge in [-0.1, -0.05) is 13.8 Å². The molecule has 0 saturated heterocycles. The van der Waals surface area contributed by atoms with Gasteiger partial charge in [0.05, 0.1) is 12.7 Å². The second-order valence-corrected chi connectivity index (χ2v) is 6.11. The van der Waals surface area contributed by atoms with Crippen LogP contribution in [0.1, 0.15) is 39.7 Å². The Bertz CT molecular complexity index is 492. The highest BCUT2D eigenvalue weighted by atomic mass is 16.5. The molecule has 0 aromatic carbocycles. The molecule has 0 radical (unpaired) electrons. The van der Waals surface area contributed by atoms with Gasteiger partial charge in [-0.25, -0.2) is 4.98 Å². The van der Waals surface area contributed by atoms with E-state index in [1.807, 2.05) is 19.1 Å². The highest BCUT2D eigenvalue weighted by Gasteiger charge is 2.08. The van der Waals surface area contributed by atoms with Crippen molar-refractivity contribution in [3.05, 3.63) is 23.9 Å². The van der Waals surface area contributed by atoms with E-state index in [0.29, 0.717) is 24.9 Å². The molecule has 6 heteroatoms. The number of aliphatic imine (C=N–C) groups is 1. The van der Waals surface area contributed by atoms with Crippen molar-refractivity contribution >= 4 is 5.96 Å². The van der Waals surface area contributed by atoms with Crippen LogP contribution in [0.3, 0.4) is 0 Å². The Morgan fingerprint density at radius 3 is 2.75 bits per heavy atom. The molecule has 2 N–H and O–H groups in total. The van der Waals surface area contributed by atoms with Crippen molar-refractivity contribution in [2.75, 3.05) is 26.8 Å². The Balaban J connectivity index is 2.45. The fourth-order valence-corrected chi connectivity index (χ4v) is 2.34. The van der Waals surface area contributed by atoms with Crippen LogP contribution < -0.4 is 15.4 Å². The highest BCUT2D eigenvalue weighted by Crippen LogP contribution is 2.14. The monoisotopic (exact) mass is 336 g/mol. The maximum Gasteiger partial charge on any atom is 0.213 e. The average molecular weight is 336 g/mol. The first-order chi connectivity index (χ1) is 11.5. The normalized spacial score (nSPS) is 13.0. The Hall–Kier alpha value is -1.82. The number of hydrogen-bond donors (Lipinski definition) is 2. The number of ether oxygens (including phenoxy) is 2. The largest absolute Gasteiger partial charge is 0.475 e. The van der Waals surface area contributed by atoms with Gasteiger partial charge in [-0.15, -0.1) is 0 Å². The first-order valence-electron chi connectivity index (χ1n) is 8.69. The maximum absolute atomic E-state index is 5.89. The molecule has 24 heavy (non-hydrogen) atoms. The number of guanidine groups is 1. The van der Waals surface area contributed by atoms with E-state index in [2.05, 4.69) is 41.4 Å². The Morgan fingerprint density at radius 2 is 2.08 bits per heavy atom. The van der Waals surface area contributed by atoms with Crippen molar-refractivity contribution in [3.8, 4) is 5.88 Å². The quantitative estimate of drug-likeness (QED) is 0.390. The van der Waals surface area contributed by atoms with E-state index in [1.54, 1.807) is 13.2 Å². The average Bonchev–Trinajstić information content (AvgIpc) is 2.53. The molecule has 1 rings (SSSR count). The van der Waals surface area contributed by atoms with Crippen LogP contribution in [0.15, 0.2) is 23.3 Å². The molecule has 0 fully saturated rings. The Labute approximate surface area is 146 Å². The van der Waals surface area contributed by atoms with Gasteiger partial charge in [0, 0.05) is 39.0 Å². The molecule has 1 unspecified atom stereocenters. The van der Waals surface area contributed by atoms with Crippen molar-refractivity contribution < 1.29 is 9.47 Å². The lowest BCUT2D eigenvalue weighted by atomic mass is 10.1. The third-order valence-corrected chi connectivity index (χ3v) is 3.35. The fourth-order valence-electron chi connectivity index (χ4n) is 2.34. The number of rotatable bonds is 10. The molecule has 0 aliphatic heterocycles. The molecule has 1 aromatic heterocycles. The topological polar surface area (TPSA) is 67.8 Å². The zero-order chi connectivity index (χ0) is 17.8. The van der Waals surface area contributed by atoms with Gasteiger partial charge in [0.1, 0.15) is 0 Å². The van der Waals surface area contributed by atoms with Crippen LogP contribution in [-0.2, 0) is 11.3 Å².